The van der Waals surface area contributed by atoms with E-state index in [0.717, 1.165) is 4.31 Å². The molecule has 9 nitrogen and oxygen atoms in total. The SMILES string of the molecule is COc1ccc(CN(CC(=O)Nc2ccc3c(c2)OCCO3)S(=O)(=O)c2cccnc2)cc1. The largest absolute Gasteiger partial charge is 0.497 e. The highest BCUT2D eigenvalue weighted by Gasteiger charge is 2.27. The van der Waals surface area contributed by atoms with Gasteiger partial charge >= 0.3 is 0 Å². The first kappa shape index (κ1) is 22.6. The zero-order valence-electron chi connectivity index (χ0n) is 17.9. The summed E-state index contributed by atoms with van der Waals surface area (Å²) in [7, 11) is -2.43. The van der Waals surface area contributed by atoms with Crippen molar-refractivity contribution in [2.24, 2.45) is 0 Å². The monoisotopic (exact) mass is 469 g/mol. The van der Waals surface area contributed by atoms with Crippen molar-refractivity contribution >= 4 is 21.6 Å². The summed E-state index contributed by atoms with van der Waals surface area (Å²) in [4.78, 5) is 16.7. The molecule has 0 fully saturated rings. The lowest BCUT2D eigenvalue weighted by molar-refractivity contribution is -0.116. The van der Waals surface area contributed by atoms with Gasteiger partial charge in [-0.25, -0.2) is 8.42 Å². The highest BCUT2D eigenvalue weighted by Crippen LogP contribution is 2.32. The van der Waals surface area contributed by atoms with Crippen LogP contribution in [0, 0.1) is 0 Å². The Kier molecular flexibility index (Phi) is 6.76. The number of hydrogen-bond donors (Lipinski definition) is 1. The number of carbonyl (C=O) groups is 1. The summed E-state index contributed by atoms with van der Waals surface area (Å²) in [6, 6.07) is 15.0. The molecule has 0 bridgehead atoms. The fourth-order valence-electron chi connectivity index (χ4n) is 3.29. The maximum atomic E-state index is 13.3. The van der Waals surface area contributed by atoms with Crippen LogP contribution in [0.15, 0.2) is 71.9 Å². The molecule has 4 rings (SSSR count). The van der Waals surface area contributed by atoms with Gasteiger partial charge in [0.25, 0.3) is 0 Å². The number of nitrogens with zero attached hydrogens (tertiary/aromatic N) is 2. The minimum absolute atomic E-state index is 0.00419. The highest BCUT2D eigenvalue weighted by molar-refractivity contribution is 7.89. The van der Waals surface area contributed by atoms with Crippen molar-refractivity contribution in [3.05, 3.63) is 72.6 Å². The molecule has 1 N–H and O–H groups in total. The molecule has 3 aromatic rings. The second-order valence-electron chi connectivity index (χ2n) is 7.22. The standard InChI is InChI=1S/C23H23N3O6S/c1-30-19-7-4-17(5-8-19)15-26(33(28,29)20-3-2-10-24-14-20)16-23(27)25-18-6-9-21-22(13-18)32-12-11-31-21/h2-10,13-14H,11-12,15-16H2,1H3,(H,25,27). The number of nitrogens with one attached hydrogen (secondary N) is 1. The number of carbonyl (C=O) groups excluding carboxylic acids is 1. The smallest absolute Gasteiger partial charge is 0.245 e. The molecule has 10 heteroatoms. The van der Waals surface area contributed by atoms with Gasteiger partial charge < -0.3 is 19.5 Å². The van der Waals surface area contributed by atoms with Gasteiger partial charge in [0, 0.05) is 30.7 Å². The molecule has 2 heterocycles. The molecule has 172 valence electrons. The van der Waals surface area contributed by atoms with Crippen molar-refractivity contribution < 1.29 is 27.4 Å². The van der Waals surface area contributed by atoms with E-state index in [1.807, 2.05) is 0 Å². The maximum absolute atomic E-state index is 13.3. The number of aromatic nitrogens is 1. The number of benzene rings is 2. The molecular weight excluding hydrogens is 446 g/mol. The van der Waals surface area contributed by atoms with Crippen molar-refractivity contribution in [3.63, 3.8) is 0 Å². The zero-order chi connectivity index (χ0) is 23.3. The Balaban J connectivity index is 1.55. The number of methoxy groups -OCH3 is 1. The first-order chi connectivity index (χ1) is 16.0. The quantitative estimate of drug-likeness (QED) is 0.541. The van der Waals surface area contributed by atoms with Gasteiger partial charge in [-0.2, -0.15) is 4.31 Å². The summed E-state index contributed by atoms with van der Waals surface area (Å²) in [5.74, 6) is 1.28. The van der Waals surface area contributed by atoms with Crippen LogP contribution in [0.25, 0.3) is 0 Å². The average molecular weight is 470 g/mol. The summed E-state index contributed by atoms with van der Waals surface area (Å²) < 4.78 is 43.9. The number of anilines is 1. The van der Waals surface area contributed by atoms with Gasteiger partial charge in [0.1, 0.15) is 23.9 Å². The van der Waals surface area contributed by atoms with Gasteiger partial charge in [0.05, 0.1) is 13.7 Å². The molecule has 1 aromatic heterocycles. The molecular formula is C23H23N3O6S. The number of pyridine rings is 1. The fraction of sp³-hybridized carbons (Fsp3) is 0.217. The minimum Gasteiger partial charge on any atom is -0.497 e. The van der Waals surface area contributed by atoms with E-state index in [-0.39, 0.29) is 11.4 Å². The van der Waals surface area contributed by atoms with E-state index in [2.05, 4.69) is 10.3 Å². The van der Waals surface area contributed by atoms with Crippen molar-refractivity contribution in [1.82, 2.24) is 9.29 Å². The van der Waals surface area contributed by atoms with Gasteiger partial charge in [-0.1, -0.05) is 12.1 Å². The number of hydrogen-bond acceptors (Lipinski definition) is 7. The molecule has 0 radical (unpaired) electrons. The first-order valence-corrected chi connectivity index (χ1v) is 11.6. The summed E-state index contributed by atoms with van der Waals surface area (Å²) in [5.41, 5.74) is 1.18. The number of sulfonamides is 1. The number of rotatable bonds is 8. The second kappa shape index (κ2) is 9.88. The Morgan fingerprint density at radius 3 is 2.55 bits per heavy atom. The van der Waals surface area contributed by atoms with E-state index in [1.165, 1.54) is 24.5 Å². The number of ether oxygens (including phenoxy) is 3. The average Bonchev–Trinajstić information content (AvgIpc) is 2.84. The van der Waals surface area contributed by atoms with Crippen molar-refractivity contribution in [3.8, 4) is 17.2 Å². The third-order valence-electron chi connectivity index (χ3n) is 4.94. The van der Waals surface area contributed by atoms with Gasteiger partial charge in [0.2, 0.25) is 15.9 Å². The third-order valence-corrected chi connectivity index (χ3v) is 6.71. The minimum atomic E-state index is -3.98. The summed E-state index contributed by atoms with van der Waals surface area (Å²) >= 11 is 0. The summed E-state index contributed by atoms with van der Waals surface area (Å²) in [6.45, 7) is 0.488. The second-order valence-corrected chi connectivity index (χ2v) is 9.15. The van der Waals surface area contributed by atoms with E-state index in [4.69, 9.17) is 14.2 Å². The van der Waals surface area contributed by atoms with Crippen LogP contribution in [0.1, 0.15) is 5.56 Å². The predicted octanol–water partition coefficient (Wildman–Crippen LogP) is 2.69. The van der Waals surface area contributed by atoms with E-state index in [1.54, 1.807) is 49.6 Å². The van der Waals surface area contributed by atoms with Crippen LogP contribution in [-0.4, -0.2) is 50.5 Å². The first-order valence-electron chi connectivity index (χ1n) is 10.2. The molecule has 0 atom stereocenters. The van der Waals surface area contributed by atoms with Crippen LogP contribution in [0.5, 0.6) is 17.2 Å². The van der Waals surface area contributed by atoms with Crippen LogP contribution >= 0.6 is 0 Å². The molecule has 0 saturated carbocycles. The highest BCUT2D eigenvalue weighted by atomic mass is 32.2. The van der Waals surface area contributed by atoms with Crippen molar-refractivity contribution in [2.75, 3.05) is 32.2 Å². The molecule has 1 aliphatic rings. The zero-order valence-corrected chi connectivity index (χ0v) is 18.7. The molecule has 1 amide bonds. The molecule has 0 unspecified atom stereocenters. The predicted molar refractivity (Wildman–Crippen MR) is 121 cm³/mol. The number of fused-ring (bicyclic) bond motifs is 1. The molecule has 0 spiro atoms. The van der Waals surface area contributed by atoms with Gasteiger partial charge in [-0.05, 0) is 42.0 Å². The molecule has 33 heavy (non-hydrogen) atoms. The summed E-state index contributed by atoms with van der Waals surface area (Å²) in [5, 5.41) is 2.73. The van der Waals surface area contributed by atoms with Crippen LogP contribution in [0.3, 0.4) is 0 Å². The van der Waals surface area contributed by atoms with E-state index >= 15 is 0 Å². The van der Waals surface area contributed by atoms with Crippen molar-refractivity contribution in [1.29, 1.82) is 0 Å². The Morgan fingerprint density at radius 1 is 1.09 bits per heavy atom. The lowest BCUT2D eigenvalue weighted by atomic mass is 10.2. The molecule has 0 saturated heterocycles. The van der Waals surface area contributed by atoms with Crippen LogP contribution in [0.2, 0.25) is 0 Å². The van der Waals surface area contributed by atoms with Gasteiger partial charge in [-0.3, -0.25) is 9.78 Å². The molecule has 2 aromatic carbocycles. The van der Waals surface area contributed by atoms with Crippen LogP contribution in [-0.2, 0) is 21.4 Å². The Morgan fingerprint density at radius 2 is 1.85 bits per heavy atom. The van der Waals surface area contributed by atoms with Crippen LogP contribution in [0.4, 0.5) is 5.69 Å². The number of amides is 1. The van der Waals surface area contributed by atoms with E-state index in [0.29, 0.717) is 41.7 Å². The lowest BCUT2D eigenvalue weighted by Crippen LogP contribution is -2.37. The van der Waals surface area contributed by atoms with Crippen LogP contribution < -0.4 is 19.5 Å². The van der Waals surface area contributed by atoms with E-state index in [9.17, 15) is 13.2 Å². The molecule has 1 aliphatic heterocycles. The topological polar surface area (TPSA) is 107 Å². The van der Waals surface area contributed by atoms with Crippen molar-refractivity contribution in [2.45, 2.75) is 11.4 Å². The maximum Gasteiger partial charge on any atom is 0.245 e. The fourth-order valence-corrected chi connectivity index (χ4v) is 4.64. The van der Waals surface area contributed by atoms with Gasteiger partial charge in [0.15, 0.2) is 11.5 Å². The summed E-state index contributed by atoms with van der Waals surface area (Å²) in [6.07, 6.45) is 2.75. The Bertz CT molecular complexity index is 1220. The normalized spacial score (nSPS) is 12.9. The Labute approximate surface area is 192 Å². The molecule has 0 aliphatic carbocycles. The van der Waals surface area contributed by atoms with E-state index < -0.39 is 22.5 Å². The third kappa shape index (κ3) is 5.41. The van der Waals surface area contributed by atoms with Gasteiger partial charge in [-0.15, -0.1) is 0 Å². The lowest BCUT2D eigenvalue weighted by Gasteiger charge is -2.22. The Hall–Kier alpha value is -3.63.